The normalized spacial score (nSPS) is 18.6. The standard InChI is InChI=1S/C21H22ClN3O4/c1-4-21(14-6-8-15(22)9-7-14)19(27)25(20(28)24-21)12-18(26)23-16-11-13(2)5-10-17(16)29-3/h5-11H,4,12H2,1-3H3,(H,23,26)(H,24,28)/t21-/m0/s1. The Kier molecular flexibility index (Phi) is 5.79. The zero-order valence-corrected chi connectivity index (χ0v) is 17.2. The highest BCUT2D eigenvalue weighted by atomic mass is 35.5. The fraction of sp³-hybridized carbons (Fsp3) is 0.286. The van der Waals surface area contributed by atoms with Crippen molar-refractivity contribution >= 4 is 35.1 Å². The Balaban J connectivity index is 1.80. The fourth-order valence-electron chi connectivity index (χ4n) is 3.40. The molecule has 4 amide bonds. The molecule has 0 saturated carbocycles. The molecular formula is C21H22ClN3O4. The molecule has 1 fully saturated rings. The predicted molar refractivity (Wildman–Crippen MR) is 110 cm³/mol. The van der Waals surface area contributed by atoms with Crippen molar-refractivity contribution < 1.29 is 19.1 Å². The van der Waals surface area contributed by atoms with Crippen LogP contribution in [0.1, 0.15) is 24.5 Å². The van der Waals surface area contributed by atoms with Crippen LogP contribution < -0.4 is 15.4 Å². The summed E-state index contributed by atoms with van der Waals surface area (Å²) in [6.45, 7) is 3.28. The number of methoxy groups -OCH3 is 1. The molecule has 1 atom stereocenters. The van der Waals surface area contributed by atoms with E-state index in [0.29, 0.717) is 28.4 Å². The number of benzene rings is 2. The van der Waals surface area contributed by atoms with Gasteiger partial charge >= 0.3 is 6.03 Å². The molecule has 0 aromatic heterocycles. The van der Waals surface area contributed by atoms with Gasteiger partial charge < -0.3 is 15.4 Å². The lowest BCUT2D eigenvalue weighted by atomic mass is 9.87. The Bertz CT molecular complexity index is 961. The molecule has 7 nitrogen and oxygen atoms in total. The zero-order chi connectivity index (χ0) is 21.2. The van der Waals surface area contributed by atoms with E-state index in [1.807, 2.05) is 13.0 Å². The zero-order valence-electron chi connectivity index (χ0n) is 16.4. The number of hydrogen-bond acceptors (Lipinski definition) is 4. The maximum absolute atomic E-state index is 13.1. The van der Waals surface area contributed by atoms with Crippen molar-refractivity contribution in [1.29, 1.82) is 0 Å². The number of halogens is 1. The molecule has 1 saturated heterocycles. The molecule has 3 rings (SSSR count). The van der Waals surface area contributed by atoms with Crippen molar-refractivity contribution in [2.24, 2.45) is 0 Å². The minimum absolute atomic E-state index is 0.336. The SMILES string of the molecule is CC[C@@]1(c2ccc(Cl)cc2)NC(=O)N(CC(=O)Nc2cc(C)ccc2OC)C1=O. The summed E-state index contributed by atoms with van der Waals surface area (Å²) < 4.78 is 5.25. The van der Waals surface area contributed by atoms with Crippen LogP contribution in [0.2, 0.25) is 5.02 Å². The number of aryl methyl sites for hydroxylation is 1. The van der Waals surface area contributed by atoms with Crippen LogP contribution in [0.25, 0.3) is 0 Å². The van der Waals surface area contributed by atoms with Crippen molar-refractivity contribution in [1.82, 2.24) is 10.2 Å². The van der Waals surface area contributed by atoms with Gasteiger partial charge in [0.2, 0.25) is 5.91 Å². The van der Waals surface area contributed by atoms with E-state index in [-0.39, 0.29) is 0 Å². The van der Waals surface area contributed by atoms with Crippen molar-refractivity contribution in [3.63, 3.8) is 0 Å². The average molecular weight is 416 g/mol. The Labute approximate surface area is 174 Å². The minimum atomic E-state index is -1.22. The lowest BCUT2D eigenvalue weighted by molar-refractivity contribution is -0.134. The van der Waals surface area contributed by atoms with Crippen molar-refractivity contribution in [2.45, 2.75) is 25.8 Å². The number of imide groups is 1. The summed E-state index contributed by atoms with van der Waals surface area (Å²) >= 11 is 5.94. The molecule has 2 N–H and O–H groups in total. The highest BCUT2D eigenvalue weighted by molar-refractivity contribution is 6.30. The van der Waals surface area contributed by atoms with E-state index in [9.17, 15) is 14.4 Å². The van der Waals surface area contributed by atoms with Crippen LogP contribution in [-0.2, 0) is 15.1 Å². The monoisotopic (exact) mass is 415 g/mol. The maximum Gasteiger partial charge on any atom is 0.325 e. The molecule has 0 unspecified atom stereocenters. The van der Waals surface area contributed by atoms with Gasteiger partial charge in [-0.3, -0.25) is 14.5 Å². The van der Waals surface area contributed by atoms with Crippen molar-refractivity contribution in [2.75, 3.05) is 19.0 Å². The highest BCUT2D eigenvalue weighted by Crippen LogP contribution is 2.33. The molecule has 0 radical (unpaired) electrons. The van der Waals surface area contributed by atoms with Gasteiger partial charge in [0, 0.05) is 5.02 Å². The summed E-state index contributed by atoms with van der Waals surface area (Å²) in [5.41, 5.74) is 0.807. The molecule has 29 heavy (non-hydrogen) atoms. The van der Waals surface area contributed by atoms with E-state index < -0.39 is 29.9 Å². The van der Waals surface area contributed by atoms with E-state index >= 15 is 0 Å². The molecule has 1 aliphatic heterocycles. The van der Waals surface area contributed by atoms with Gasteiger partial charge in [-0.1, -0.05) is 36.7 Å². The van der Waals surface area contributed by atoms with Gasteiger partial charge in [0.05, 0.1) is 12.8 Å². The molecule has 0 aliphatic carbocycles. The third-order valence-corrected chi connectivity index (χ3v) is 5.23. The smallest absolute Gasteiger partial charge is 0.325 e. The first kappa shape index (κ1) is 20.7. The Morgan fingerprint density at radius 2 is 1.90 bits per heavy atom. The first-order chi connectivity index (χ1) is 13.8. The second-order valence-electron chi connectivity index (χ2n) is 6.84. The van der Waals surface area contributed by atoms with Gasteiger partial charge in [-0.05, 0) is 48.7 Å². The number of anilines is 1. The van der Waals surface area contributed by atoms with Crippen LogP contribution in [0.5, 0.6) is 5.75 Å². The molecule has 0 bridgehead atoms. The summed E-state index contributed by atoms with van der Waals surface area (Å²) in [5, 5.41) is 5.98. The molecule has 152 valence electrons. The van der Waals surface area contributed by atoms with Crippen molar-refractivity contribution in [3.05, 3.63) is 58.6 Å². The predicted octanol–water partition coefficient (Wildman–Crippen LogP) is 3.45. The number of urea groups is 1. The van der Waals surface area contributed by atoms with E-state index in [0.717, 1.165) is 10.5 Å². The van der Waals surface area contributed by atoms with Crippen molar-refractivity contribution in [3.8, 4) is 5.75 Å². The largest absolute Gasteiger partial charge is 0.495 e. The molecule has 0 spiro atoms. The van der Waals surface area contributed by atoms with Gasteiger partial charge in [0.25, 0.3) is 5.91 Å². The summed E-state index contributed by atoms with van der Waals surface area (Å²) in [6, 6.07) is 11.5. The first-order valence-electron chi connectivity index (χ1n) is 9.15. The highest BCUT2D eigenvalue weighted by Gasteiger charge is 2.51. The summed E-state index contributed by atoms with van der Waals surface area (Å²) in [7, 11) is 1.50. The summed E-state index contributed by atoms with van der Waals surface area (Å²) in [4.78, 5) is 39.1. The molecule has 1 aliphatic rings. The molecule has 2 aromatic carbocycles. The van der Waals surface area contributed by atoms with Crippen LogP contribution in [0.3, 0.4) is 0 Å². The topological polar surface area (TPSA) is 87.7 Å². The van der Waals surface area contributed by atoms with Crippen LogP contribution in [0.4, 0.5) is 10.5 Å². The summed E-state index contributed by atoms with van der Waals surface area (Å²) in [6.07, 6.45) is 0.336. The fourth-order valence-corrected chi connectivity index (χ4v) is 3.52. The number of rotatable bonds is 6. The average Bonchev–Trinajstić information content (AvgIpc) is 2.94. The Morgan fingerprint density at radius 1 is 1.21 bits per heavy atom. The molecule has 1 heterocycles. The van der Waals surface area contributed by atoms with Crippen LogP contribution in [0.15, 0.2) is 42.5 Å². The minimum Gasteiger partial charge on any atom is -0.495 e. The van der Waals surface area contributed by atoms with Crippen LogP contribution >= 0.6 is 11.6 Å². The second-order valence-corrected chi connectivity index (χ2v) is 7.28. The third-order valence-electron chi connectivity index (χ3n) is 4.97. The number of carbonyl (C=O) groups is 3. The molecule has 2 aromatic rings. The lowest BCUT2D eigenvalue weighted by Gasteiger charge is -2.25. The number of nitrogens with one attached hydrogen (secondary N) is 2. The van der Waals surface area contributed by atoms with Gasteiger partial charge in [-0.25, -0.2) is 4.79 Å². The van der Waals surface area contributed by atoms with E-state index in [1.54, 1.807) is 43.3 Å². The molecule has 8 heteroatoms. The Hall–Kier alpha value is -3.06. The molecular weight excluding hydrogens is 394 g/mol. The number of hydrogen-bond donors (Lipinski definition) is 2. The van der Waals surface area contributed by atoms with Gasteiger partial charge in [0.1, 0.15) is 17.8 Å². The number of nitrogens with zero attached hydrogens (tertiary/aromatic N) is 1. The van der Waals surface area contributed by atoms with Crippen LogP contribution in [-0.4, -0.2) is 36.4 Å². The third kappa shape index (κ3) is 3.91. The van der Waals surface area contributed by atoms with E-state index in [2.05, 4.69) is 10.6 Å². The lowest BCUT2D eigenvalue weighted by Crippen LogP contribution is -2.44. The number of amides is 4. The number of ether oxygens (including phenoxy) is 1. The van der Waals surface area contributed by atoms with Gasteiger partial charge in [-0.2, -0.15) is 0 Å². The van der Waals surface area contributed by atoms with Gasteiger partial charge in [-0.15, -0.1) is 0 Å². The summed E-state index contributed by atoms with van der Waals surface area (Å²) in [5.74, 6) is -0.482. The van der Waals surface area contributed by atoms with E-state index in [1.165, 1.54) is 7.11 Å². The number of carbonyl (C=O) groups excluding carboxylic acids is 3. The maximum atomic E-state index is 13.1. The quantitative estimate of drug-likeness (QED) is 0.707. The van der Waals surface area contributed by atoms with Gasteiger partial charge in [0.15, 0.2) is 0 Å². The first-order valence-corrected chi connectivity index (χ1v) is 9.53. The second kappa shape index (κ2) is 8.13. The Morgan fingerprint density at radius 3 is 2.52 bits per heavy atom. The van der Waals surface area contributed by atoms with E-state index in [4.69, 9.17) is 16.3 Å². The van der Waals surface area contributed by atoms with Crippen LogP contribution in [0, 0.1) is 6.92 Å².